The lowest BCUT2D eigenvalue weighted by Gasteiger charge is -2.30. The van der Waals surface area contributed by atoms with Crippen LogP contribution in [0.4, 0.5) is 0 Å². The predicted octanol–water partition coefficient (Wildman–Crippen LogP) is 0.159. The summed E-state index contributed by atoms with van der Waals surface area (Å²) in [4.78, 5) is 61.9. The van der Waals surface area contributed by atoms with Gasteiger partial charge in [0.05, 0.1) is 6.04 Å². The normalized spacial score (nSPS) is 15.7. The zero-order chi connectivity index (χ0) is 29.0. The summed E-state index contributed by atoms with van der Waals surface area (Å²) in [6.45, 7) is 7.17. The molecule has 0 aliphatic rings. The van der Waals surface area contributed by atoms with Gasteiger partial charge in [-0.05, 0) is 36.0 Å². The van der Waals surface area contributed by atoms with E-state index in [4.69, 9.17) is 11.5 Å². The van der Waals surface area contributed by atoms with Crippen molar-refractivity contribution in [2.75, 3.05) is 0 Å². The van der Waals surface area contributed by atoms with E-state index < -0.39 is 53.8 Å². The minimum atomic E-state index is -1.27. The average molecular weight is 536 g/mol. The Bertz CT molecular complexity index is 969. The van der Waals surface area contributed by atoms with Gasteiger partial charge in [0.15, 0.2) is 0 Å². The molecule has 6 unspecified atom stereocenters. The van der Waals surface area contributed by atoms with Crippen LogP contribution in [0.2, 0.25) is 0 Å². The maximum Gasteiger partial charge on any atom is 0.326 e. The van der Waals surface area contributed by atoms with Crippen LogP contribution in [0.5, 0.6) is 5.75 Å². The Morgan fingerprint density at radius 1 is 0.842 bits per heavy atom. The number of carboxylic acid groups (broad SMARTS) is 1. The van der Waals surface area contributed by atoms with Gasteiger partial charge >= 0.3 is 5.97 Å². The molecular formula is C26H41N5O7. The molecule has 1 rings (SSSR count). The van der Waals surface area contributed by atoms with Gasteiger partial charge in [0.2, 0.25) is 23.6 Å². The van der Waals surface area contributed by atoms with Crippen LogP contribution in [-0.4, -0.2) is 64.0 Å². The summed E-state index contributed by atoms with van der Waals surface area (Å²) in [6, 6.07) is 1.54. The quantitative estimate of drug-likeness (QED) is 0.154. The lowest BCUT2D eigenvalue weighted by atomic mass is 9.94. The third kappa shape index (κ3) is 10.4. The Morgan fingerprint density at radius 2 is 1.32 bits per heavy atom. The van der Waals surface area contributed by atoms with E-state index in [0.717, 1.165) is 0 Å². The molecule has 12 nitrogen and oxygen atoms in total. The highest BCUT2D eigenvalue weighted by molar-refractivity contribution is 5.94. The first-order valence-electron chi connectivity index (χ1n) is 12.8. The molecule has 6 atom stereocenters. The molecule has 0 bridgehead atoms. The number of benzene rings is 1. The maximum absolute atomic E-state index is 13.3. The van der Waals surface area contributed by atoms with E-state index in [2.05, 4.69) is 16.0 Å². The molecule has 38 heavy (non-hydrogen) atoms. The number of hydrogen-bond acceptors (Lipinski definition) is 7. The van der Waals surface area contributed by atoms with Gasteiger partial charge in [-0.3, -0.25) is 19.2 Å². The topological polar surface area (TPSA) is 214 Å². The average Bonchev–Trinajstić information content (AvgIpc) is 2.88. The number of aliphatic carboxylic acids is 1. The molecule has 1 aromatic rings. The van der Waals surface area contributed by atoms with Gasteiger partial charge in [-0.1, -0.05) is 52.7 Å². The van der Waals surface area contributed by atoms with Gasteiger partial charge < -0.3 is 37.6 Å². The van der Waals surface area contributed by atoms with E-state index in [1.807, 2.05) is 13.8 Å². The van der Waals surface area contributed by atoms with Gasteiger partial charge in [0.1, 0.15) is 23.9 Å². The molecule has 12 heteroatoms. The number of hydrogen-bond donors (Lipinski definition) is 7. The van der Waals surface area contributed by atoms with Gasteiger partial charge in [0, 0.05) is 12.8 Å². The lowest BCUT2D eigenvalue weighted by molar-refractivity contribution is -0.142. The van der Waals surface area contributed by atoms with Crippen LogP contribution in [0, 0.1) is 11.8 Å². The van der Waals surface area contributed by atoms with E-state index in [1.54, 1.807) is 26.0 Å². The Balaban J connectivity index is 3.04. The first-order valence-corrected chi connectivity index (χ1v) is 12.8. The molecule has 1 aromatic carbocycles. The molecule has 0 aliphatic heterocycles. The summed E-state index contributed by atoms with van der Waals surface area (Å²) < 4.78 is 0. The summed E-state index contributed by atoms with van der Waals surface area (Å²) in [7, 11) is 0. The van der Waals surface area contributed by atoms with E-state index in [0.29, 0.717) is 18.4 Å². The Morgan fingerprint density at radius 3 is 1.76 bits per heavy atom. The molecule has 0 aromatic heterocycles. The second-order valence-electron chi connectivity index (χ2n) is 9.63. The van der Waals surface area contributed by atoms with Crippen LogP contribution >= 0.6 is 0 Å². The first kappa shape index (κ1) is 32.4. The zero-order valence-electron chi connectivity index (χ0n) is 22.4. The summed E-state index contributed by atoms with van der Waals surface area (Å²) in [5, 5.41) is 26.9. The van der Waals surface area contributed by atoms with Crippen molar-refractivity contribution in [2.45, 2.75) is 84.0 Å². The lowest BCUT2D eigenvalue weighted by Crippen LogP contribution is -2.60. The highest BCUT2D eigenvalue weighted by Crippen LogP contribution is 2.15. The van der Waals surface area contributed by atoms with Crippen molar-refractivity contribution >= 4 is 29.6 Å². The number of phenolic OH excluding ortho intramolecular Hbond substituents is 1. The molecule has 212 valence electrons. The number of primary amides is 1. The van der Waals surface area contributed by atoms with Crippen molar-refractivity contribution in [1.82, 2.24) is 16.0 Å². The van der Waals surface area contributed by atoms with Crippen LogP contribution < -0.4 is 27.4 Å². The van der Waals surface area contributed by atoms with Crippen molar-refractivity contribution in [1.29, 1.82) is 0 Å². The van der Waals surface area contributed by atoms with Crippen molar-refractivity contribution in [3.05, 3.63) is 29.8 Å². The van der Waals surface area contributed by atoms with Gasteiger partial charge in [-0.15, -0.1) is 0 Å². The Kier molecular flexibility index (Phi) is 13.2. The predicted molar refractivity (Wildman–Crippen MR) is 141 cm³/mol. The number of rotatable bonds is 16. The van der Waals surface area contributed by atoms with Crippen molar-refractivity contribution in [3.63, 3.8) is 0 Å². The summed E-state index contributed by atoms with van der Waals surface area (Å²) in [6.07, 6.45) is 0.942. The fourth-order valence-corrected chi connectivity index (χ4v) is 3.67. The molecule has 0 aliphatic carbocycles. The second kappa shape index (κ2) is 15.6. The molecule has 0 heterocycles. The standard InChI is InChI=1S/C26H41N5O7/c1-5-14(3)21(24(35)29-19(26(37)38)13-16-7-9-17(32)10-8-16)31-25(36)22(15(4)6-2)30-23(34)18(27)11-12-20(28)33/h7-10,14-15,18-19,21-22,32H,5-6,11-13,27H2,1-4H3,(H2,28,33)(H,29,35)(H,30,34)(H,31,36)(H,37,38). The van der Waals surface area contributed by atoms with Crippen LogP contribution in [0.15, 0.2) is 24.3 Å². The molecule has 0 radical (unpaired) electrons. The summed E-state index contributed by atoms with van der Waals surface area (Å²) in [5.74, 6) is -4.41. The molecule has 0 saturated carbocycles. The van der Waals surface area contributed by atoms with Gasteiger partial charge in [-0.25, -0.2) is 4.79 Å². The number of nitrogens with two attached hydrogens (primary N) is 2. The molecule has 9 N–H and O–H groups in total. The number of nitrogens with one attached hydrogen (secondary N) is 3. The van der Waals surface area contributed by atoms with E-state index in [-0.39, 0.29) is 36.8 Å². The summed E-state index contributed by atoms with van der Waals surface area (Å²) >= 11 is 0. The Labute approximate surface area is 222 Å². The van der Waals surface area contributed by atoms with Crippen molar-refractivity contribution in [3.8, 4) is 5.75 Å². The van der Waals surface area contributed by atoms with E-state index >= 15 is 0 Å². The number of carbonyl (C=O) groups is 5. The first-order chi connectivity index (χ1) is 17.8. The van der Waals surface area contributed by atoms with Crippen molar-refractivity contribution in [2.24, 2.45) is 23.3 Å². The number of phenols is 1. The molecule has 0 saturated heterocycles. The molecule has 4 amide bonds. The minimum Gasteiger partial charge on any atom is -0.508 e. The van der Waals surface area contributed by atoms with Crippen LogP contribution in [0.3, 0.4) is 0 Å². The molecule has 0 fully saturated rings. The van der Waals surface area contributed by atoms with E-state index in [1.165, 1.54) is 12.1 Å². The van der Waals surface area contributed by atoms with Crippen LogP contribution in [-0.2, 0) is 30.4 Å². The number of carbonyl (C=O) groups excluding carboxylic acids is 4. The van der Waals surface area contributed by atoms with Gasteiger partial charge in [-0.2, -0.15) is 0 Å². The van der Waals surface area contributed by atoms with E-state index in [9.17, 15) is 34.2 Å². The number of aromatic hydroxyl groups is 1. The summed E-state index contributed by atoms with van der Waals surface area (Å²) in [5.41, 5.74) is 11.5. The highest BCUT2D eigenvalue weighted by atomic mass is 16.4. The number of carboxylic acids is 1. The third-order valence-electron chi connectivity index (χ3n) is 6.62. The SMILES string of the molecule is CCC(C)C(NC(=O)C(N)CCC(N)=O)C(=O)NC(C(=O)NC(Cc1ccc(O)cc1)C(=O)O)C(C)CC. The van der Waals surface area contributed by atoms with Crippen molar-refractivity contribution < 1.29 is 34.2 Å². The fourth-order valence-electron chi connectivity index (χ4n) is 3.67. The third-order valence-corrected chi connectivity index (χ3v) is 6.62. The van der Waals surface area contributed by atoms with Gasteiger partial charge in [0.25, 0.3) is 0 Å². The maximum atomic E-state index is 13.3. The van der Waals surface area contributed by atoms with Crippen LogP contribution in [0.1, 0.15) is 58.9 Å². The van der Waals surface area contributed by atoms with Crippen LogP contribution in [0.25, 0.3) is 0 Å². The zero-order valence-corrected chi connectivity index (χ0v) is 22.4. The number of amides is 4. The molecular weight excluding hydrogens is 494 g/mol. The minimum absolute atomic E-state index is 0.0194. The largest absolute Gasteiger partial charge is 0.508 e. The smallest absolute Gasteiger partial charge is 0.326 e. The molecule has 0 spiro atoms. The highest BCUT2D eigenvalue weighted by Gasteiger charge is 2.34. The second-order valence-corrected chi connectivity index (χ2v) is 9.63. The Hall–Kier alpha value is -3.67. The monoisotopic (exact) mass is 535 g/mol. The fraction of sp³-hybridized carbons (Fsp3) is 0.577.